The number of ether oxygens (including phenoxy) is 1. The number of amides is 1. The Morgan fingerprint density at radius 1 is 1.12 bits per heavy atom. The fraction of sp³-hybridized carbons (Fsp3) is 0.296. The van der Waals surface area contributed by atoms with E-state index in [1.54, 1.807) is 18.8 Å². The Labute approximate surface area is 205 Å². The van der Waals surface area contributed by atoms with E-state index in [0.29, 0.717) is 30.4 Å². The normalized spacial score (nSPS) is 11.2. The van der Waals surface area contributed by atoms with E-state index in [4.69, 9.17) is 21.3 Å². The van der Waals surface area contributed by atoms with Crippen LogP contribution in [0.25, 0.3) is 22.2 Å². The van der Waals surface area contributed by atoms with Gasteiger partial charge in [0.05, 0.1) is 16.9 Å². The van der Waals surface area contributed by atoms with Crippen molar-refractivity contribution >= 4 is 28.4 Å². The van der Waals surface area contributed by atoms with E-state index in [1.165, 1.54) is 0 Å². The number of halogens is 1. The largest absolute Gasteiger partial charge is 0.385 e. The van der Waals surface area contributed by atoms with Crippen LogP contribution in [0.1, 0.15) is 33.7 Å². The van der Waals surface area contributed by atoms with Gasteiger partial charge >= 0.3 is 0 Å². The van der Waals surface area contributed by atoms with Crippen molar-refractivity contribution in [3.63, 3.8) is 0 Å². The van der Waals surface area contributed by atoms with Crippen LogP contribution in [0.5, 0.6) is 0 Å². The first-order valence-electron chi connectivity index (χ1n) is 11.3. The standard InChI is InChI=1S/C27H29ClN4O2/c1-18-9-10-20-15-22(26(29-24(20)13-18)21-7-5-8-23(28)16-21)17-32(11-6-12-34-4)27(33)25-14-19(2)30-31(25)3/h5,7-10,13-16H,6,11-12,17H2,1-4H3. The summed E-state index contributed by atoms with van der Waals surface area (Å²) in [6.07, 6.45) is 0.728. The summed E-state index contributed by atoms with van der Waals surface area (Å²) in [4.78, 5) is 20.4. The Hall–Kier alpha value is -3.22. The number of pyridine rings is 1. The van der Waals surface area contributed by atoms with Crippen molar-refractivity contribution in [3.05, 3.63) is 82.1 Å². The summed E-state index contributed by atoms with van der Waals surface area (Å²) in [5.74, 6) is -0.0692. The fourth-order valence-corrected chi connectivity index (χ4v) is 4.35. The zero-order chi connectivity index (χ0) is 24.2. The number of fused-ring (bicyclic) bond motifs is 1. The molecule has 2 heterocycles. The molecule has 0 N–H and O–H groups in total. The first-order valence-corrected chi connectivity index (χ1v) is 11.7. The monoisotopic (exact) mass is 476 g/mol. The first kappa shape index (κ1) is 23.9. The molecule has 0 aliphatic rings. The van der Waals surface area contributed by atoms with E-state index in [2.05, 4.69) is 36.3 Å². The molecule has 2 aromatic heterocycles. The predicted octanol–water partition coefficient (Wildman–Crippen LogP) is 5.58. The van der Waals surface area contributed by atoms with Crippen LogP contribution in [0.4, 0.5) is 0 Å². The molecule has 34 heavy (non-hydrogen) atoms. The van der Waals surface area contributed by atoms with E-state index in [1.807, 2.05) is 42.2 Å². The van der Waals surface area contributed by atoms with Crippen molar-refractivity contribution in [1.29, 1.82) is 0 Å². The number of carbonyl (C=O) groups is 1. The fourth-order valence-electron chi connectivity index (χ4n) is 4.16. The van der Waals surface area contributed by atoms with Gasteiger partial charge in [-0.3, -0.25) is 9.48 Å². The second-order valence-corrected chi connectivity index (χ2v) is 9.01. The molecule has 176 valence electrons. The highest BCUT2D eigenvalue weighted by atomic mass is 35.5. The van der Waals surface area contributed by atoms with Gasteiger partial charge in [0.15, 0.2) is 0 Å². The van der Waals surface area contributed by atoms with Gasteiger partial charge < -0.3 is 9.64 Å². The SMILES string of the molecule is COCCCN(Cc1cc2ccc(C)cc2nc1-c1cccc(Cl)c1)C(=O)c1cc(C)nn1C. The van der Waals surface area contributed by atoms with Gasteiger partial charge in [-0.05, 0) is 61.7 Å². The van der Waals surface area contributed by atoms with Gasteiger partial charge in [0.25, 0.3) is 5.91 Å². The molecule has 4 rings (SSSR count). The smallest absolute Gasteiger partial charge is 0.272 e. The average Bonchev–Trinajstić information content (AvgIpc) is 3.15. The van der Waals surface area contributed by atoms with Gasteiger partial charge in [-0.2, -0.15) is 5.10 Å². The van der Waals surface area contributed by atoms with Crippen LogP contribution in [-0.2, 0) is 18.3 Å². The number of hydrogen-bond donors (Lipinski definition) is 0. The first-order chi connectivity index (χ1) is 16.4. The van der Waals surface area contributed by atoms with Crippen LogP contribution in [0.3, 0.4) is 0 Å². The number of carbonyl (C=O) groups excluding carboxylic acids is 1. The highest BCUT2D eigenvalue weighted by Crippen LogP contribution is 2.29. The summed E-state index contributed by atoms with van der Waals surface area (Å²) in [6.45, 7) is 5.48. The van der Waals surface area contributed by atoms with E-state index in [9.17, 15) is 4.79 Å². The summed E-state index contributed by atoms with van der Waals surface area (Å²) < 4.78 is 6.89. The maximum atomic E-state index is 13.6. The maximum absolute atomic E-state index is 13.6. The molecule has 0 bridgehead atoms. The second-order valence-electron chi connectivity index (χ2n) is 8.57. The number of methoxy groups -OCH3 is 1. The van der Waals surface area contributed by atoms with Gasteiger partial charge in [0, 0.05) is 49.8 Å². The van der Waals surface area contributed by atoms with Crippen molar-refractivity contribution in [2.45, 2.75) is 26.8 Å². The summed E-state index contributed by atoms with van der Waals surface area (Å²) >= 11 is 6.32. The predicted molar refractivity (Wildman–Crippen MR) is 136 cm³/mol. The van der Waals surface area contributed by atoms with E-state index in [-0.39, 0.29) is 5.91 Å². The van der Waals surface area contributed by atoms with Crippen LogP contribution in [0.2, 0.25) is 5.02 Å². The Balaban J connectivity index is 1.79. The third kappa shape index (κ3) is 5.29. The molecule has 0 aliphatic heterocycles. The van der Waals surface area contributed by atoms with Crippen molar-refractivity contribution in [1.82, 2.24) is 19.7 Å². The molecule has 1 amide bonds. The quantitative estimate of drug-likeness (QED) is 0.311. The Kier molecular flexibility index (Phi) is 7.29. The molecule has 7 heteroatoms. The summed E-state index contributed by atoms with van der Waals surface area (Å²) in [5.41, 5.74) is 6.14. The molecule has 0 spiro atoms. The van der Waals surface area contributed by atoms with E-state index >= 15 is 0 Å². The van der Waals surface area contributed by atoms with Crippen LogP contribution >= 0.6 is 11.6 Å². The molecule has 0 fully saturated rings. The lowest BCUT2D eigenvalue weighted by molar-refractivity contribution is 0.0713. The highest BCUT2D eigenvalue weighted by molar-refractivity contribution is 6.30. The lowest BCUT2D eigenvalue weighted by atomic mass is 10.0. The van der Waals surface area contributed by atoms with Gasteiger partial charge in [-0.25, -0.2) is 4.98 Å². The number of rotatable bonds is 8. The lowest BCUT2D eigenvalue weighted by Gasteiger charge is -2.24. The molecule has 0 atom stereocenters. The summed E-state index contributed by atoms with van der Waals surface area (Å²) in [6, 6.07) is 17.9. The van der Waals surface area contributed by atoms with Gasteiger partial charge in [-0.1, -0.05) is 35.9 Å². The van der Waals surface area contributed by atoms with Crippen molar-refractivity contribution < 1.29 is 9.53 Å². The molecule has 0 unspecified atom stereocenters. The molecular weight excluding hydrogens is 448 g/mol. The van der Waals surface area contributed by atoms with Crippen LogP contribution in [0.15, 0.2) is 54.6 Å². The highest BCUT2D eigenvalue weighted by Gasteiger charge is 2.22. The maximum Gasteiger partial charge on any atom is 0.272 e. The van der Waals surface area contributed by atoms with Crippen molar-refractivity contribution in [2.75, 3.05) is 20.3 Å². The number of benzene rings is 2. The minimum Gasteiger partial charge on any atom is -0.385 e. The molecule has 4 aromatic rings. The van der Waals surface area contributed by atoms with E-state index in [0.717, 1.165) is 45.4 Å². The molecular formula is C27H29ClN4O2. The third-order valence-corrected chi connectivity index (χ3v) is 6.03. The van der Waals surface area contributed by atoms with Gasteiger partial charge in [0.2, 0.25) is 0 Å². The summed E-state index contributed by atoms with van der Waals surface area (Å²) in [5, 5.41) is 6.04. The third-order valence-electron chi connectivity index (χ3n) is 5.80. The van der Waals surface area contributed by atoms with Crippen molar-refractivity contribution in [2.24, 2.45) is 7.05 Å². The Morgan fingerprint density at radius 2 is 1.94 bits per heavy atom. The minimum absolute atomic E-state index is 0.0692. The van der Waals surface area contributed by atoms with E-state index < -0.39 is 0 Å². The molecule has 0 saturated carbocycles. The number of aromatic nitrogens is 3. The molecule has 0 radical (unpaired) electrons. The van der Waals surface area contributed by atoms with Gasteiger partial charge in [-0.15, -0.1) is 0 Å². The van der Waals surface area contributed by atoms with Crippen molar-refractivity contribution in [3.8, 4) is 11.3 Å². The molecule has 0 aliphatic carbocycles. The topological polar surface area (TPSA) is 60.2 Å². The summed E-state index contributed by atoms with van der Waals surface area (Å²) in [7, 11) is 3.47. The van der Waals surface area contributed by atoms with Crippen LogP contribution in [-0.4, -0.2) is 45.8 Å². The second kappa shape index (κ2) is 10.4. The zero-order valence-corrected chi connectivity index (χ0v) is 20.8. The lowest BCUT2D eigenvalue weighted by Crippen LogP contribution is -2.33. The minimum atomic E-state index is -0.0692. The number of aryl methyl sites for hydroxylation is 3. The Bertz CT molecular complexity index is 1330. The zero-order valence-electron chi connectivity index (χ0n) is 20.0. The molecule has 6 nitrogen and oxygen atoms in total. The Morgan fingerprint density at radius 3 is 2.65 bits per heavy atom. The molecule has 0 saturated heterocycles. The van der Waals surface area contributed by atoms with Gasteiger partial charge in [0.1, 0.15) is 5.69 Å². The van der Waals surface area contributed by atoms with Crippen LogP contribution in [0, 0.1) is 13.8 Å². The number of nitrogens with zero attached hydrogens (tertiary/aromatic N) is 4. The van der Waals surface area contributed by atoms with Crippen LogP contribution < -0.4 is 0 Å². The average molecular weight is 477 g/mol. The molecule has 2 aromatic carbocycles. The number of hydrogen-bond acceptors (Lipinski definition) is 4.